The Labute approximate surface area is 159 Å². The molecule has 3 heterocycles. The van der Waals surface area contributed by atoms with E-state index in [9.17, 15) is 9.18 Å². The summed E-state index contributed by atoms with van der Waals surface area (Å²) in [6.07, 6.45) is 2.23. The Hall–Kier alpha value is -2.71. The number of carbonyl (C=O) groups excluding carboxylic acids is 1. The van der Waals surface area contributed by atoms with Crippen LogP contribution in [0.15, 0.2) is 29.8 Å². The van der Waals surface area contributed by atoms with E-state index >= 15 is 0 Å². The van der Waals surface area contributed by atoms with Crippen molar-refractivity contribution in [2.75, 3.05) is 13.3 Å². The summed E-state index contributed by atoms with van der Waals surface area (Å²) in [6, 6.07) is 4.62. The third-order valence-corrected chi connectivity index (χ3v) is 5.05. The van der Waals surface area contributed by atoms with Crippen LogP contribution in [0.4, 0.5) is 4.39 Å². The highest BCUT2D eigenvalue weighted by Gasteiger charge is 2.17. The number of thiazole rings is 1. The maximum atomic E-state index is 13.8. The van der Waals surface area contributed by atoms with Gasteiger partial charge < -0.3 is 19.8 Å². The SMILES string of the molecule is Cc1nc(-c2c[nH]c(C(=O)NCCc3cc(F)cc4c3OCOC4)c2)cs1. The van der Waals surface area contributed by atoms with Crippen molar-refractivity contribution in [1.29, 1.82) is 0 Å². The molecule has 1 aromatic carbocycles. The fourth-order valence-electron chi connectivity index (χ4n) is 3.02. The first kappa shape index (κ1) is 17.7. The number of hydrogen-bond donors (Lipinski definition) is 2. The molecule has 0 saturated heterocycles. The normalized spacial score (nSPS) is 13.1. The number of nitrogens with zero attached hydrogens (tertiary/aromatic N) is 1. The second kappa shape index (κ2) is 7.50. The van der Waals surface area contributed by atoms with Gasteiger partial charge in [0.1, 0.15) is 17.3 Å². The Morgan fingerprint density at radius 2 is 2.30 bits per heavy atom. The zero-order valence-corrected chi connectivity index (χ0v) is 15.5. The van der Waals surface area contributed by atoms with Crippen LogP contribution in [0.2, 0.25) is 0 Å². The number of aromatic nitrogens is 2. The van der Waals surface area contributed by atoms with E-state index in [4.69, 9.17) is 9.47 Å². The molecular formula is C19H18FN3O3S. The molecule has 0 fully saturated rings. The summed E-state index contributed by atoms with van der Waals surface area (Å²) in [6.45, 7) is 2.78. The van der Waals surface area contributed by atoms with Gasteiger partial charge in [-0.1, -0.05) is 0 Å². The van der Waals surface area contributed by atoms with Gasteiger partial charge in [-0.05, 0) is 37.1 Å². The summed E-state index contributed by atoms with van der Waals surface area (Å²) < 4.78 is 24.4. The fraction of sp³-hybridized carbons (Fsp3) is 0.263. The Bertz CT molecular complexity index is 982. The van der Waals surface area contributed by atoms with Crippen LogP contribution in [-0.2, 0) is 17.8 Å². The van der Waals surface area contributed by atoms with Gasteiger partial charge >= 0.3 is 0 Å². The van der Waals surface area contributed by atoms with Crippen LogP contribution in [0.5, 0.6) is 5.75 Å². The van der Waals surface area contributed by atoms with E-state index in [1.165, 1.54) is 12.1 Å². The van der Waals surface area contributed by atoms with E-state index < -0.39 is 0 Å². The van der Waals surface area contributed by atoms with Crippen molar-refractivity contribution in [1.82, 2.24) is 15.3 Å². The van der Waals surface area contributed by atoms with E-state index in [0.717, 1.165) is 21.8 Å². The maximum absolute atomic E-state index is 13.8. The zero-order chi connectivity index (χ0) is 18.8. The predicted octanol–water partition coefficient (Wildman–Crippen LogP) is 3.42. The lowest BCUT2D eigenvalue weighted by Crippen LogP contribution is -2.26. The average molecular weight is 387 g/mol. The second-order valence-corrected chi connectivity index (χ2v) is 7.29. The lowest BCUT2D eigenvalue weighted by atomic mass is 10.1. The first-order chi connectivity index (χ1) is 13.1. The van der Waals surface area contributed by atoms with Crippen LogP contribution in [0.25, 0.3) is 11.3 Å². The first-order valence-corrected chi connectivity index (χ1v) is 9.39. The van der Waals surface area contributed by atoms with Gasteiger partial charge in [-0.3, -0.25) is 4.79 Å². The van der Waals surface area contributed by atoms with Crippen LogP contribution in [0.3, 0.4) is 0 Å². The number of H-pyrrole nitrogens is 1. The van der Waals surface area contributed by atoms with Crippen LogP contribution in [-0.4, -0.2) is 29.2 Å². The summed E-state index contributed by atoms with van der Waals surface area (Å²) >= 11 is 1.56. The van der Waals surface area contributed by atoms with Gasteiger partial charge in [0, 0.05) is 29.2 Å². The number of carbonyl (C=O) groups is 1. The highest BCUT2D eigenvalue weighted by atomic mass is 32.1. The first-order valence-electron chi connectivity index (χ1n) is 8.51. The summed E-state index contributed by atoms with van der Waals surface area (Å²) in [4.78, 5) is 19.7. The third kappa shape index (κ3) is 3.86. The molecule has 1 aliphatic heterocycles. The van der Waals surface area contributed by atoms with Crippen molar-refractivity contribution in [3.63, 3.8) is 0 Å². The topological polar surface area (TPSA) is 76.2 Å². The van der Waals surface area contributed by atoms with Crippen LogP contribution in [0, 0.1) is 12.7 Å². The molecular weight excluding hydrogens is 369 g/mol. The zero-order valence-electron chi connectivity index (χ0n) is 14.7. The molecule has 0 saturated carbocycles. The minimum Gasteiger partial charge on any atom is -0.467 e. The third-order valence-electron chi connectivity index (χ3n) is 4.27. The number of aromatic amines is 1. The lowest BCUT2D eigenvalue weighted by molar-refractivity contribution is -0.0172. The molecule has 0 bridgehead atoms. The summed E-state index contributed by atoms with van der Waals surface area (Å²) in [5, 5.41) is 5.78. The molecule has 3 aromatic rings. The molecule has 0 radical (unpaired) electrons. The molecule has 6 nitrogen and oxygen atoms in total. The number of benzene rings is 1. The molecule has 4 rings (SSSR count). The standard InChI is InChI=1S/C19H18FN3O3S/c1-11-23-17(9-27-11)13-6-16(22-7-13)19(24)21-3-2-12-4-15(20)5-14-8-25-10-26-18(12)14/h4-7,9,22H,2-3,8,10H2,1H3,(H,21,24). The summed E-state index contributed by atoms with van der Waals surface area (Å²) in [7, 11) is 0. The molecule has 1 amide bonds. The van der Waals surface area contributed by atoms with Crippen LogP contribution in [0.1, 0.15) is 26.6 Å². The maximum Gasteiger partial charge on any atom is 0.267 e. The average Bonchev–Trinajstić information content (AvgIpc) is 3.30. The number of halogens is 1. The Morgan fingerprint density at radius 1 is 1.41 bits per heavy atom. The van der Waals surface area contributed by atoms with Gasteiger partial charge in [-0.15, -0.1) is 11.3 Å². The molecule has 0 spiro atoms. The van der Waals surface area contributed by atoms with Gasteiger partial charge in [-0.25, -0.2) is 9.37 Å². The van der Waals surface area contributed by atoms with Gasteiger partial charge in [0.05, 0.1) is 17.3 Å². The van der Waals surface area contributed by atoms with Crippen molar-refractivity contribution >= 4 is 17.2 Å². The number of rotatable bonds is 5. The molecule has 1 aliphatic rings. The lowest BCUT2D eigenvalue weighted by Gasteiger charge is -2.20. The van der Waals surface area contributed by atoms with Crippen LogP contribution < -0.4 is 10.1 Å². The van der Waals surface area contributed by atoms with E-state index in [1.807, 2.05) is 12.3 Å². The molecule has 140 valence electrons. The molecule has 0 atom stereocenters. The van der Waals surface area contributed by atoms with E-state index in [1.54, 1.807) is 23.6 Å². The molecule has 0 unspecified atom stereocenters. The number of fused-ring (bicyclic) bond motifs is 1. The highest BCUT2D eigenvalue weighted by Crippen LogP contribution is 2.29. The minimum atomic E-state index is -0.336. The van der Waals surface area contributed by atoms with Crippen molar-refractivity contribution in [3.05, 3.63) is 57.4 Å². The highest BCUT2D eigenvalue weighted by molar-refractivity contribution is 7.09. The van der Waals surface area contributed by atoms with E-state index in [0.29, 0.717) is 36.6 Å². The van der Waals surface area contributed by atoms with Gasteiger partial charge in [0.25, 0.3) is 5.91 Å². The summed E-state index contributed by atoms with van der Waals surface area (Å²) in [5.74, 6) is 0.0948. The minimum absolute atomic E-state index is 0.152. The number of nitrogens with one attached hydrogen (secondary N) is 2. The van der Waals surface area contributed by atoms with E-state index in [2.05, 4.69) is 15.3 Å². The number of hydrogen-bond acceptors (Lipinski definition) is 5. The monoisotopic (exact) mass is 387 g/mol. The van der Waals surface area contributed by atoms with Crippen molar-refractivity contribution in [2.45, 2.75) is 20.0 Å². The fourth-order valence-corrected chi connectivity index (χ4v) is 3.64. The Kier molecular flexibility index (Phi) is 4.91. The smallest absolute Gasteiger partial charge is 0.267 e. The molecule has 27 heavy (non-hydrogen) atoms. The predicted molar refractivity (Wildman–Crippen MR) is 99.4 cm³/mol. The number of amides is 1. The van der Waals surface area contributed by atoms with Gasteiger partial charge in [0.2, 0.25) is 0 Å². The molecule has 2 N–H and O–H groups in total. The van der Waals surface area contributed by atoms with Crippen LogP contribution >= 0.6 is 11.3 Å². The largest absolute Gasteiger partial charge is 0.467 e. The van der Waals surface area contributed by atoms with Crippen molar-refractivity contribution < 1.29 is 18.7 Å². The number of aryl methyl sites for hydroxylation is 1. The van der Waals surface area contributed by atoms with Gasteiger partial charge in [0.15, 0.2) is 6.79 Å². The van der Waals surface area contributed by atoms with Crippen molar-refractivity contribution in [2.24, 2.45) is 0 Å². The van der Waals surface area contributed by atoms with E-state index in [-0.39, 0.29) is 18.5 Å². The summed E-state index contributed by atoms with van der Waals surface area (Å²) in [5.41, 5.74) is 3.59. The van der Waals surface area contributed by atoms with Gasteiger partial charge in [-0.2, -0.15) is 0 Å². The number of ether oxygens (including phenoxy) is 2. The Balaban J connectivity index is 1.39. The van der Waals surface area contributed by atoms with Crippen molar-refractivity contribution in [3.8, 4) is 17.0 Å². The molecule has 2 aromatic heterocycles. The quantitative estimate of drug-likeness (QED) is 0.703. The Morgan fingerprint density at radius 3 is 3.11 bits per heavy atom. The molecule has 8 heteroatoms. The second-order valence-electron chi connectivity index (χ2n) is 6.22. The molecule has 0 aliphatic carbocycles.